The molecule has 0 aromatic heterocycles. The van der Waals surface area contributed by atoms with Crippen LogP contribution >= 0.6 is 0 Å². The zero-order valence-electron chi connectivity index (χ0n) is 36.3. The van der Waals surface area contributed by atoms with Crippen molar-refractivity contribution < 1.29 is 98.8 Å². The number of allylic oxidation sites excluding steroid dienone is 1. The molecule has 6 fully saturated rings. The van der Waals surface area contributed by atoms with Crippen molar-refractivity contribution in [1.82, 2.24) is 0 Å². The van der Waals surface area contributed by atoms with Gasteiger partial charge in [-0.25, -0.2) is 0 Å². The molecule has 0 spiro atoms. The third-order valence-electron chi connectivity index (χ3n) is 18.2. The average molecular weight is 863 g/mol. The molecule has 0 aliphatic heterocycles. The molecule has 1 unspecified atom stereocenters. The quantitative estimate of drug-likeness (QED) is 0.122. The summed E-state index contributed by atoms with van der Waals surface area (Å²) in [6.45, 7) is 6.40. The van der Waals surface area contributed by atoms with E-state index < -0.39 is 88.9 Å². The summed E-state index contributed by atoms with van der Waals surface area (Å²) in [5.41, 5.74) is -3.88. The summed E-state index contributed by atoms with van der Waals surface area (Å²) >= 11 is 0. The van der Waals surface area contributed by atoms with Crippen LogP contribution in [0.2, 0.25) is 0 Å². The molecular weight excluding hydrogens is 799 g/mol. The molecule has 0 saturated heterocycles. The van der Waals surface area contributed by atoms with Gasteiger partial charge < -0.3 is 45.3 Å². The van der Waals surface area contributed by atoms with Gasteiger partial charge in [0, 0.05) is 41.0 Å². The Morgan fingerprint density at radius 1 is 0.705 bits per heavy atom. The smallest absolute Gasteiger partial charge is 0.550 e. The molecule has 61 heavy (non-hydrogen) atoms. The minimum Gasteiger partial charge on any atom is -0.550 e. The number of esters is 1. The number of aliphatic hydroxyl groups is 6. The molecule has 0 bridgehead atoms. The van der Waals surface area contributed by atoms with Crippen molar-refractivity contribution in [3.05, 3.63) is 23.3 Å². The Hall–Kier alpha value is -2.14. The zero-order valence-corrected chi connectivity index (χ0v) is 38.3. The zero-order chi connectivity index (χ0) is 44.0. The summed E-state index contributed by atoms with van der Waals surface area (Å²) in [6.07, 6.45) is 6.77. The molecule has 0 aromatic carbocycles. The Kier molecular flexibility index (Phi) is 13.5. The summed E-state index contributed by atoms with van der Waals surface area (Å²) in [6, 6.07) is 0. The van der Waals surface area contributed by atoms with Gasteiger partial charge in [-0.05, 0) is 124 Å². The second kappa shape index (κ2) is 17.0. The topological polar surface area (TPSA) is 256 Å². The van der Waals surface area contributed by atoms with Gasteiger partial charge in [0.2, 0.25) is 0 Å². The van der Waals surface area contributed by atoms with Crippen LogP contribution in [0.3, 0.4) is 0 Å². The number of hydrogen-bond donors (Lipinski definition) is 6. The van der Waals surface area contributed by atoms with Crippen LogP contribution in [-0.2, 0) is 33.5 Å². The molecule has 14 nitrogen and oxygen atoms in total. The molecule has 15 heteroatoms. The Balaban J connectivity index is 0.000000207. The Labute approximate surface area is 379 Å². The maximum Gasteiger partial charge on any atom is 1.00 e. The van der Waals surface area contributed by atoms with Crippen LogP contribution in [0.5, 0.6) is 0 Å². The monoisotopic (exact) mass is 862 g/mol. The van der Waals surface area contributed by atoms with Gasteiger partial charge in [0.25, 0.3) is 0 Å². The predicted molar refractivity (Wildman–Crippen MR) is 210 cm³/mol. The van der Waals surface area contributed by atoms with Crippen molar-refractivity contribution in [3.8, 4) is 0 Å². The van der Waals surface area contributed by atoms with Gasteiger partial charge in [0.1, 0.15) is 30.5 Å². The number of carboxylic acid groups (broad SMARTS) is 1. The number of carbonyl (C=O) groups excluding carboxylic acids is 6. The molecule has 8 aliphatic rings. The molecule has 6 N–H and O–H groups in total. The molecule has 0 heterocycles. The first-order valence-corrected chi connectivity index (χ1v) is 22.0. The second-order valence-electron chi connectivity index (χ2n) is 20.5. The van der Waals surface area contributed by atoms with E-state index in [0.717, 1.165) is 31.3 Å². The molecule has 0 aromatic rings. The van der Waals surface area contributed by atoms with Crippen LogP contribution in [0.4, 0.5) is 0 Å². The second-order valence-corrected chi connectivity index (χ2v) is 20.5. The number of fused-ring (bicyclic) bond motifs is 10. The van der Waals surface area contributed by atoms with E-state index in [2.05, 4.69) is 6.92 Å². The number of carboxylic acids is 1. The fourth-order valence-corrected chi connectivity index (χ4v) is 15.2. The van der Waals surface area contributed by atoms with E-state index in [1.807, 2.05) is 20.8 Å². The average Bonchev–Trinajstić information content (AvgIpc) is 3.62. The van der Waals surface area contributed by atoms with Crippen molar-refractivity contribution >= 4 is 35.1 Å². The standard InChI is InChI=1S/C25H34O9.C21H30O5.Na/c1-23-11-17(28)22-15(16(23)7-8-25(23,33)18(29)12-26)4-3-13-9-14(27)10-19(24(13,22)2)34-21(32)6-5-20(30)31;1-19-7-5-13(23)9-12(19)3-4-14-15-6-8-21(26,17(25)11-22)20(15,2)10-16(24)18(14)19;/h9,15-17,19,22,26,28,33H,3-8,10-12H2,1-2H3,(H,30,31);9,14-16,18,22,24,26H,3-8,10-11H2,1-2H3;/q;;+1/p-1/t15-,16-,17-,19?,22+,23-,24+,25-;14-,15-,16-,18+,19-,20-,21-;/m00./s1. The van der Waals surface area contributed by atoms with Crippen LogP contribution in [0.1, 0.15) is 124 Å². The van der Waals surface area contributed by atoms with Gasteiger partial charge >= 0.3 is 35.5 Å². The fourth-order valence-electron chi connectivity index (χ4n) is 15.2. The molecule has 8 aliphatic carbocycles. The number of aliphatic carboxylic acids is 1. The van der Waals surface area contributed by atoms with Crippen LogP contribution in [0.25, 0.3) is 0 Å². The van der Waals surface area contributed by atoms with Gasteiger partial charge in [-0.2, -0.15) is 0 Å². The number of carbonyl (C=O) groups is 6. The maximum atomic E-state index is 12.5. The van der Waals surface area contributed by atoms with E-state index in [1.165, 1.54) is 5.57 Å². The van der Waals surface area contributed by atoms with Crippen LogP contribution < -0.4 is 34.7 Å². The van der Waals surface area contributed by atoms with Crippen LogP contribution in [0, 0.1) is 57.2 Å². The van der Waals surface area contributed by atoms with Gasteiger partial charge in [-0.15, -0.1) is 0 Å². The SMILES string of the molecule is C[C@]12CCC(=O)C=C1CC[C@@H]1[C@@H]2[C@@H](O)C[C@@]2(C)[C@H]1CC[C@]2(O)C(=O)CO.C[C@]12C[C@H](O)[C@H]3[C@@H](CCC4=CC(=O)CC(OC(=O)CCC(=O)[O-])[C@@]43C)[C@@H]1CC[C@]2(O)C(=O)CO.[Na+]. The summed E-state index contributed by atoms with van der Waals surface area (Å²) in [4.78, 5) is 72.4. The molecule has 8 rings (SSSR count). The minimum absolute atomic E-state index is 0. The molecule has 332 valence electrons. The number of Topliss-reactive ketones (excluding diaryl/α,β-unsaturated/α-hetero) is 2. The minimum atomic E-state index is -1.71. The third-order valence-corrected chi connectivity index (χ3v) is 18.2. The number of ether oxygens (including phenoxy) is 1. The number of rotatable bonds is 8. The normalized spacial score (nSPS) is 45.6. The van der Waals surface area contributed by atoms with Gasteiger partial charge in [0.05, 0.1) is 18.6 Å². The van der Waals surface area contributed by atoms with Crippen LogP contribution in [-0.4, -0.2) is 108 Å². The largest absolute Gasteiger partial charge is 1.00 e. The van der Waals surface area contributed by atoms with Crippen molar-refractivity contribution in [2.24, 2.45) is 57.2 Å². The molecule has 6 saturated carbocycles. The van der Waals surface area contributed by atoms with Gasteiger partial charge in [-0.1, -0.05) is 38.8 Å². The van der Waals surface area contributed by atoms with E-state index >= 15 is 0 Å². The Morgan fingerprint density at radius 2 is 1.20 bits per heavy atom. The van der Waals surface area contributed by atoms with Gasteiger partial charge in [0.15, 0.2) is 23.1 Å². The fraction of sp³-hybridized carbons (Fsp3) is 0.783. The summed E-state index contributed by atoms with van der Waals surface area (Å²) < 4.78 is 5.68. The number of hydrogen-bond acceptors (Lipinski definition) is 14. The first-order valence-electron chi connectivity index (χ1n) is 22.0. The van der Waals surface area contributed by atoms with E-state index in [-0.39, 0.29) is 108 Å². The Morgan fingerprint density at radius 3 is 1.72 bits per heavy atom. The van der Waals surface area contributed by atoms with Crippen molar-refractivity contribution in [2.75, 3.05) is 13.2 Å². The van der Waals surface area contributed by atoms with Crippen molar-refractivity contribution in [2.45, 2.75) is 154 Å². The number of aliphatic hydroxyl groups excluding tert-OH is 4. The van der Waals surface area contributed by atoms with Crippen molar-refractivity contribution in [3.63, 3.8) is 0 Å². The van der Waals surface area contributed by atoms with Gasteiger partial charge in [-0.3, -0.25) is 24.0 Å². The first kappa shape index (κ1) is 48.3. The summed E-state index contributed by atoms with van der Waals surface area (Å²) in [5, 5.41) is 74.8. The van der Waals surface area contributed by atoms with Crippen molar-refractivity contribution in [1.29, 1.82) is 0 Å². The van der Waals surface area contributed by atoms with E-state index in [4.69, 9.17) is 4.74 Å². The molecular formula is C46H63NaO14. The molecule has 0 radical (unpaired) electrons. The van der Waals surface area contributed by atoms with E-state index in [1.54, 1.807) is 12.2 Å². The van der Waals surface area contributed by atoms with E-state index in [0.29, 0.717) is 38.5 Å². The first-order chi connectivity index (χ1) is 28.0. The predicted octanol–water partition coefficient (Wildman–Crippen LogP) is -1.38. The summed E-state index contributed by atoms with van der Waals surface area (Å²) in [5.74, 6) is -3.32. The summed E-state index contributed by atoms with van der Waals surface area (Å²) in [7, 11) is 0. The molecule has 15 atom stereocenters. The molecule has 0 amide bonds. The third kappa shape index (κ3) is 7.34. The number of ketones is 4. The van der Waals surface area contributed by atoms with E-state index in [9.17, 15) is 64.5 Å². The maximum absolute atomic E-state index is 12.5. The van der Waals surface area contributed by atoms with Crippen LogP contribution in [0.15, 0.2) is 23.3 Å². The Bertz CT molecular complexity index is 1900.